The summed E-state index contributed by atoms with van der Waals surface area (Å²) < 4.78 is 40.5. The fourth-order valence-electron chi connectivity index (χ4n) is 5.93. The van der Waals surface area contributed by atoms with Gasteiger partial charge in [-0.25, -0.2) is 8.42 Å². The molecular weight excluding hydrogens is 614 g/mol. The maximum atomic E-state index is 14.7. The largest absolute Gasteiger partial charge is 0.497 e. The number of anilines is 1. The van der Waals surface area contributed by atoms with E-state index in [1.54, 1.807) is 36.4 Å². The van der Waals surface area contributed by atoms with Crippen LogP contribution in [0.5, 0.6) is 11.5 Å². The van der Waals surface area contributed by atoms with Crippen LogP contribution in [-0.4, -0.2) is 58.0 Å². The Morgan fingerprint density at radius 2 is 1.38 bits per heavy atom. The third-order valence-corrected chi connectivity index (χ3v) is 10.2. The molecule has 1 unspecified atom stereocenters. The van der Waals surface area contributed by atoms with Gasteiger partial charge in [-0.3, -0.25) is 13.9 Å². The molecule has 0 heterocycles. The SMILES string of the molecule is COc1ccc(S(=O)(=O)N(CC(=O)N(Cc2ccccc2)C(Cc2ccccc2)C(=O)NC2CCCC2)c2ccccc2OC)cc1. The van der Waals surface area contributed by atoms with Crippen LogP contribution in [0.4, 0.5) is 5.69 Å². The second-order valence-electron chi connectivity index (χ2n) is 11.6. The van der Waals surface area contributed by atoms with Crippen LogP contribution in [0.15, 0.2) is 114 Å². The van der Waals surface area contributed by atoms with Gasteiger partial charge in [0.05, 0.1) is 24.8 Å². The van der Waals surface area contributed by atoms with E-state index in [4.69, 9.17) is 9.47 Å². The summed E-state index contributed by atoms with van der Waals surface area (Å²) >= 11 is 0. The number of sulfonamides is 1. The minimum atomic E-state index is -4.29. The Morgan fingerprint density at radius 1 is 0.787 bits per heavy atom. The van der Waals surface area contributed by atoms with Gasteiger partial charge in [0.1, 0.15) is 24.1 Å². The van der Waals surface area contributed by atoms with Crippen LogP contribution in [0, 0.1) is 0 Å². The first-order chi connectivity index (χ1) is 22.8. The smallest absolute Gasteiger partial charge is 0.264 e. The van der Waals surface area contributed by atoms with Crippen molar-refractivity contribution in [3.8, 4) is 11.5 Å². The summed E-state index contributed by atoms with van der Waals surface area (Å²) in [7, 11) is -1.34. The van der Waals surface area contributed by atoms with Crippen molar-refractivity contribution in [2.24, 2.45) is 0 Å². The molecule has 47 heavy (non-hydrogen) atoms. The molecule has 0 spiro atoms. The third-order valence-electron chi connectivity index (χ3n) is 8.45. The Hall–Kier alpha value is -4.83. The number of carbonyl (C=O) groups excluding carboxylic acids is 2. The van der Waals surface area contributed by atoms with Crippen molar-refractivity contribution in [3.05, 3.63) is 120 Å². The van der Waals surface area contributed by atoms with E-state index < -0.39 is 28.5 Å². The number of ether oxygens (including phenoxy) is 2. The van der Waals surface area contributed by atoms with Gasteiger partial charge in [0, 0.05) is 19.0 Å². The van der Waals surface area contributed by atoms with E-state index in [0.29, 0.717) is 5.75 Å². The molecule has 4 aromatic carbocycles. The fourth-order valence-corrected chi connectivity index (χ4v) is 7.35. The lowest BCUT2D eigenvalue weighted by molar-refractivity contribution is -0.140. The van der Waals surface area contributed by atoms with E-state index >= 15 is 0 Å². The minimum absolute atomic E-state index is 0.0218. The molecule has 1 aliphatic rings. The first-order valence-electron chi connectivity index (χ1n) is 15.8. The third kappa shape index (κ3) is 8.31. The molecule has 4 aromatic rings. The highest BCUT2D eigenvalue weighted by molar-refractivity contribution is 7.92. The number of hydrogen-bond acceptors (Lipinski definition) is 6. The number of para-hydroxylation sites is 2. The number of benzene rings is 4. The Kier molecular flexibility index (Phi) is 11.2. The topological polar surface area (TPSA) is 105 Å². The summed E-state index contributed by atoms with van der Waals surface area (Å²) in [6.45, 7) is -0.457. The molecule has 246 valence electrons. The van der Waals surface area contributed by atoms with Crippen LogP contribution >= 0.6 is 0 Å². The Morgan fingerprint density at radius 3 is 2.00 bits per heavy atom. The van der Waals surface area contributed by atoms with Crippen molar-refractivity contribution in [1.82, 2.24) is 10.2 Å². The van der Waals surface area contributed by atoms with Gasteiger partial charge in [-0.1, -0.05) is 85.6 Å². The predicted molar refractivity (Wildman–Crippen MR) is 182 cm³/mol. The van der Waals surface area contributed by atoms with E-state index in [9.17, 15) is 18.0 Å². The summed E-state index contributed by atoms with van der Waals surface area (Å²) in [6, 6.07) is 30.8. The molecule has 5 rings (SSSR count). The number of nitrogens with one attached hydrogen (secondary N) is 1. The molecule has 1 atom stereocenters. The molecular formula is C37H41N3O6S. The number of hydrogen-bond donors (Lipinski definition) is 1. The van der Waals surface area contributed by atoms with Crippen molar-refractivity contribution < 1.29 is 27.5 Å². The summed E-state index contributed by atoms with van der Waals surface area (Å²) in [5, 5.41) is 3.19. The highest BCUT2D eigenvalue weighted by atomic mass is 32.2. The summed E-state index contributed by atoms with van der Waals surface area (Å²) in [6.07, 6.45) is 4.12. The van der Waals surface area contributed by atoms with Gasteiger partial charge in [0.2, 0.25) is 11.8 Å². The second-order valence-corrected chi connectivity index (χ2v) is 13.4. The van der Waals surface area contributed by atoms with Crippen molar-refractivity contribution in [2.45, 2.75) is 55.6 Å². The van der Waals surface area contributed by atoms with E-state index in [-0.39, 0.29) is 41.2 Å². The molecule has 10 heteroatoms. The van der Waals surface area contributed by atoms with Crippen molar-refractivity contribution in [1.29, 1.82) is 0 Å². The average molecular weight is 656 g/mol. The number of rotatable bonds is 14. The molecule has 0 aliphatic heterocycles. The molecule has 1 fully saturated rings. The van der Waals surface area contributed by atoms with E-state index in [0.717, 1.165) is 41.1 Å². The van der Waals surface area contributed by atoms with Gasteiger partial charge in [-0.2, -0.15) is 0 Å². The van der Waals surface area contributed by atoms with E-state index in [2.05, 4.69) is 5.32 Å². The summed E-state index contributed by atoms with van der Waals surface area (Å²) in [5.74, 6) is -0.00650. The van der Waals surface area contributed by atoms with Gasteiger partial charge in [0.15, 0.2) is 0 Å². The van der Waals surface area contributed by atoms with Gasteiger partial charge in [-0.05, 0) is 60.4 Å². The minimum Gasteiger partial charge on any atom is -0.497 e. The van der Waals surface area contributed by atoms with Crippen molar-refractivity contribution in [2.75, 3.05) is 25.1 Å². The van der Waals surface area contributed by atoms with E-state index in [1.807, 2.05) is 60.7 Å². The van der Waals surface area contributed by atoms with Crippen LogP contribution < -0.4 is 19.1 Å². The standard InChI is InChI=1S/C37H41N3O6S/c1-45-31-21-23-32(24-22-31)47(43,44)40(33-19-11-12-20-35(33)46-2)27-36(41)39(26-29-15-7-4-8-16-29)34(25-28-13-5-3-6-14-28)37(42)38-30-17-9-10-18-30/h3-8,11-16,19-24,30,34H,9-10,17-18,25-27H2,1-2H3,(H,38,42). The molecule has 0 bridgehead atoms. The monoisotopic (exact) mass is 655 g/mol. The highest BCUT2D eigenvalue weighted by Crippen LogP contribution is 2.33. The first-order valence-corrected chi connectivity index (χ1v) is 17.2. The summed E-state index contributed by atoms with van der Waals surface area (Å²) in [4.78, 5) is 30.3. The first kappa shape index (κ1) is 33.5. The average Bonchev–Trinajstić information content (AvgIpc) is 3.62. The van der Waals surface area contributed by atoms with Crippen LogP contribution in [0.2, 0.25) is 0 Å². The zero-order valence-corrected chi connectivity index (χ0v) is 27.6. The van der Waals surface area contributed by atoms with E-state index in [1.165, 1.54) is 31.3 Å². The zero-order chi connectivity index (χ0) is 33.2. The fraction of sp³-hybridized carbons (Fsp3) is 0.297. The summed E-state index contributed by atoms with van der Waals surface area (Å²) in [5.41, 5.74) is 1.90. The lowest BCUT2D eigenvalue weighted by atomic mass is 10.0. The molecule has 0 radical (unpaired) electrons. The molecule has 1 N–H and O–H groups in total. The van der Waals surface area contributed by atoms with Gasteiger partial charge in [-0.15, -0.1) is 0 Å². The van der Waals surface area contributed by atoms with Gasteiger partial charge < -0.3 is 19.7 Å². The second kappa shape index (κ2) is 15.6. The van der Waals surface area contributed by atoms with Crippen molar-refractivity contribution >= 4 is 27.5 Å². The maximum Gasteiger partial charge on any atom is 0.264 e. The number of nitrogens with zero attached hydrogens (tertiary/aromatic N) is 2. The predicted octanol–water partition coefficient (Wildman–Crippen LogP) is 5.60. The van der Waals surface area contributed by atoms with Gasteiger partial charge in [0.25, 0.3) is 10.0 Å². The van der Waals surface area contributed by atoms with Crippen LogP contribution in [0.3, 0.4) is 0 Å². The molecule has 9 nitrogen and oxygen atoms in total. The van der Waals surface area contributed by atoms with Crippen LogP contribution in [0.1, 0.15) is 36.8 Å². The van der Waals surface area contributed by atoms with Crippen molar-refractivity contribution in [3.63, 3.8) is 0 Å². The number of methoxy groups -OCH3 is 2. The normalized spacial score (nSPS) is 13.8. The maximum absolute atomic E-state index is 14.7. The highest BCUT2D eigenvalue weighted by Gasteiger charge is 2.36. The molecule has 1 aliphatic carbocycles. The lowest BCUT2D eigenvalue weighted by Gasteiger charge is -2.34. The molecule has 2 amide bonds. The number of amides is 2. The quantitative estimate of drug-likeness (QED) is 0.190. The van der Waals surface area contributed by atoms with Crippen LogP contribution in [-0.2, 0) is 32.6 Å². The molecule has 0 aromatic heterocycles. The Labute approximate surface area is 277 Å². The van der Waals surface area contributed by atoms with Gasteiger partial charge >= 0.3 is 0 Å². The molecule has 1 saturated carbocycles. The molecule has 0 saturated heterocycles. The van der Waals surface area contributed by atoms with Crippen LogP contribution in [0.25, 0.3) is 0 Å². The number of carbonyl (C=O) groups is 2. The lowest BCUT2D eigenvalue weighted by Crippen LogP contribution is -2.54. The zero-order valence-electron chi connectivity index (χ0n) is 26.7. The Bertz CT molecular complexity index is 1730. The Balaban J connectivity index is 1.57.